The number of hydrogen-bond donors (Lipinski definition) is 2. The molecule has 0 aromatic carbocycles. The molecule has 0 aliphatic carbocycles. The zero-order valence-corrected chi connectivity index (χ0v) is 12.1. The molecule has 0 bridgehead atoms. The van der Waals surface area contributed by atoms with Crippen LogP contribution in [0.1, 0.15) is 34.6 Å². The van der Waals surface area contributed by atoms with Crippen LogP contribution in [-0.2, 0) is 14.1 Å². The average Bonchev–Trinajstić information content (AvgIpc) is 2.48. The molecule has 0 radical (unpaired) electrons. The van der Waals surface area contributed by atoms with Crippen molar-refractivity contribution in [3.05, 3.63) is 23.8 Å². The lowest BCUT2D eigenvalue weighted by atomic mass is 9.77. The summed E-state index contributed by atoms with van der Waals surface area (Å²) in [5.74, 6) is -0.0744. The number of rotatable bonds is 2. The second kappa shape index (κ2) is 4.69. The maximum Gasteiger partial charge on any atom is 0.496 e. The molecule has 5 nitrogen and oxygen atoms in total. The van der Waals surface area contributed by atoms with Gasteiger partial charge in [0.15, 0.2) is 0 Å². The van der Waals surface area contributed by atoms with Crippen molar-refractivity contribution in [2.45, 2.75) is 52.0 Å². The van der Waals surface area contributed by atoms with Gasteiger partial charge in [-0.2, -0.15) is 0 Å². The molecule has 2 heterocycles. The summed E-state index contributed by atoms with van der Waals surface area (Å²) in [5, 5.41) is 5.85. The molecule has 0 aromatic heterocycles. The molecule has 1 amide bonds. The largest absolute Gasteiger partial charge is 0.496 e. The summed E-state index contributed by atoms with van der Waals surface area (Å²) in [6.07, 6.45) is 5.44. The Bertz CT molecular complexity index is 427. The maximum absolute atomic E-state index is 11.0. The zero-order chi connectivity index (χ0) is 14.3. The molecule has 1 unspecified atom stereocenters. The van der Waals surface area contributed by atoms with Gasteiger partial charge in [0.2, 0.25) is 5.91 Å². The van der Waals surface area contributed by atoms with E-state index in [9.17, 15) is 4.79 Å². The Morgan fingerprint density at radius 2 is 1.89 bits per heavy atom. The van der Waals surface area contributed by atoms with Crippen LogP contribution in [0.25, 0.3) is 0 Å². The minimum absolute atomic E-state index is 0.0744. The van der Waals surface area contributed by atoms with Crippen molar-refractivity contribution >= 4 is 13.0 Å². The number of hydrogen-bond acceptors (Lipinski definition) is 4. The highest BCUT2D eigenvalue weighted by Gasteiger charge is 2.52. The van der Waals surface area contributed by atoms with E-state index >= 15 is 0 Å². The van der Waals surface area contributed by atoms with E-state index < -0.39 is 0 Å². The van der Waals surface area contributed by atoms with Crippen LogP contribution < -0.4 is 10.6 Å². The summed E-state index contributed by atoms with van der Waals surface area (Å²) in [5.41, 5.74) is 0.224. The fraction of sp³-hybridized carbons (Fsp3) is 0.615. The number of carbonyl (C=O) groups is 1. The van der Waals surface area contributed by atoms with Crippen molar-refractivity contribution in [3.63, 3.8) is 0 Å². The highest BCUT2D eigenvalue weighted by atomic mass is 16.7. The Hall–Kier alpha value is -1.27. The monoisotopic (exact) mass is 264 g/mol. The normalized spacial score (nSPS) is 27.7. The molecular formula is C13H21BN2O3. The Morgan fingerprint density at radius 3 is 2.32 bits per heavy atom. The van der Waals surface area contributed by atoms with Gasteiger partial charge in [-0.25, -0.2) is 0 Å². The third kappa shape index (κ3) is 2.85. The minimum atomic E-state index is -0.382. The van der Waals surface area contributed by atoms with Crippen molar-refractivity contribution in [1.29, 1.82) is 0 Å². The lowest BCUT2D eigenvalue weighted by Gasteiger charge is -2.32. The predicted octanol–water partition coefficient (Wildman–Crippen LogP) is 1.12. The van der Waals surface area contributed by atoms with Gasteiger partial charge in [0, 0.05) is 6.92 Å². The number of dihydropyridines is 1. The molecule has 1 atom stereocenters. The van der Waals surface area contributed by atoms with Crippen LogP contribution in [0.4, 0.5) is 0 Å². The summed E-state index contributed by atoms with van der Waals surface area (Å²) >= 11 is 0. The first-order valence-electron chi connectivity index (χ1n) is 6.48. The number of amides is 1. The summed E-state index contributed by atoms with van der Waals surface area (Å²) < 4.78 is 11.9. The third-order valence-corrected chi connectivity index (χ3v) is 3.79. The van der Waals surface area contributed by atoms with Crippen molar-refractivity contribution in [3.8, 4) is 0 Å². The first-order chi connectivity index (χ1) is 8.71. The van der Waals surface area contributed by atoms with Crippen LogP contribution in [0.3, 0.4) is 0 Å². The molecule has 0 spiro atoms. The molecular weight excluding hydrogens is 243 g/mol. The van der Waals surface area contributed by atoms with Gasteiger partial charge in [-0.3, -0.25) is 4.79 Å². The van der Waals surface area contributed by atoms with E-state index in [4.69, 9.17) is 9.31 Å². The molecule has 2 aliphatic heterocycles. The second-order valence-electron chi connectivity index (χ2n) is 5.94. The summed E-state index contributed by atoms with van der Waals surface area (Å²) in [6, 6.07) is 0. The minimum Gasteiger partial charge on any atom is -0.399 e. The highest BCUT2D eigenvalue weighted by molar-refractivity contribution is 6.55. The molecule has 2 N–H and O–H groups in total. The molecule has 0 aromatic rings. The fourth-order valence-electron chi connectivity index (χ4n) is 1.93. The van der Waals surface area contributed by atoms with Gasteiger partial charge < -0.3 is 19.9 Å². The predicted molar refractivity (Wildman–Crippen MR) is 74.0 cm³/mol. The van der Waals surface area contributed by atoms with E-state index in [2.05, 4.69) is 10.6 Å². The molecule has 2 rings (SSSR count). The average molecular weight is 264 g/mol. The molecule has 6 heteroatoms. The van der Waals surface area contributed by atoms with Crippen LogP contribution in [-0.4, -0.2) is 30.4 Å². The van der Waals surface area contributed by atoms with E-state index in [1.807, 2.05) is 46.0 Å². The number of allylic oxidation sites excluding steroid dienone is 2. The standard InChI is InChI=1S/C13H21BN2O3/c1-9(17)16-11-7-6-10(8-15-11)14-18-12(2,3)13(4,5)19-14/h6-8,11,15H,1-5H3,(H,16,17). The molecule has 1 saturated heterocycles. The summed E-state index contributed by atoms with van der Waals surface area (Å²) in [7, 11) is -0.382. The van der Waals surface area contributed by atoms with Crippen molar-refractivity contribution in [2.75, 3.05) is 0 Å². The fourth-order valence-corrected chi connectivity index (χ4v) is 1.93. The van der Waals surface area contributed by atoms with E-state index in [0.717, 1.165) is 5.47 Å². The smallest absolute Gasteiger partial charge is 0.399 e. The van der Waals surface area contributed by atoms with Gasteiger partial charge in [-0.05, 0) is 45.4 Å². The van der Waals surface area contributed by atoms with Crippen LogP contribution >= 0.6 is 0 Å². The lowest BCUT2D eigenvalue weighted by Crippen LogP contribution is -2.42. The summed E-state index contributed by atoms with van der Waals surface area (Å²) in [4.78, 5) is 11.0. The van der Waals surface area contributed by atoms with Crippen LogP contribution in [0.5, 0.6) is 0 Å². The van der Waals surface area contributed by atoms with Crippen molar-refractivity contribution in [1.82, 2.24) is 10.6 Å². The van der Waals surface area contributed by atoms with E-state index in [0.29, 0.717) is 0 Å². The highest BCUT2D eigenvalue weighted by Crippen LogP contribution is 2.38. The SMILES string of the molecule is CC(=O)NC1C=CC(B2OC(C)(C)C(C)(C)O2)=CN1. The van der Waals surface area contributed by atoms with Crippen LogP contribution in [0.15, 0.2) is 23.8 Å². The quantitative estimate of drug-likeness (QED) is 0.734. The number of nitrogens with one attached hydrogen (secondary N) is 2. The van der Waals surface area contributed by atoms with Gasteiger partial charge >= 0.3 is 7.12 Å². The molecule has 19 heavy (non-hydrogen) atoms. The first kappa shape index (κ1) is 14.2. The molecule has 0 saturated carbocycles. The third-order valence-electron chi connectivity index (χ3n) is 3.79. The van der Waals surface area contributed by atoms with Gasteiger partial charge in [0.25, 0.3) is 0 Å². The van der Waals surface area contributed by atoms with Crippen LogP contribution in [0, 0.1) is 0 Å². The second-order valence-corrected chi connectivity index (χ2v) is 5.94. The Kier molecular flexibility index (Phi) is 3.49. The van der Waals surface area contributed by atoms with Gasteiger partial charge in [0.05, 0.1) is 11.2 Å². The van der Waals surface area contributed by atoms with Gasteiger partial charge in [-0.15, -0.1) is 0 Å². The molecule has 104 valence electrons. The Morgan fingerprint density at radius 1 is 1.32 bits per heavy atom. The topological polar surface area (TPSA) is 59.6 Å². The van der Waals surface area contributed by atoms with Crippen molar-refractivity contribution < 1.29 is 14.1 Å². The number of carbonyl (C=O) groups excluding carboxylic acids is 1. The van der Waals surface area contributed by atoms with Gasteiger partial charge in [0.1, 0.15) is 6.17 Å². The van der Waals surface area contributed by atoms with E-state index in [-0.39, 0.29) is 30.4 Å². The Labute approximate surface area is 114 Å². The first-order valence-corrected chi connectivity index (χ1v) is 6.48. The Balaban J connectivity index is 2.01. The van der Waals surface area contributed by atoms with E-state index in [1.54, 1.807) is 0 Å². The van der Waals surface area contributed by atoms with E-state index in [1.165, 1.54) is 6.92 Å². The molecule has 2 aliphatic rings. The molecule has 1 fully saturated rings. The van der Waals surface area contributed by atoms with Crippen LogP contribution in [0.2, 0.25) is 0 Å². The lowest BCUT2D eigenvalue weighted by molar-refractivity contribution is -0.119. The maximum atomic E-state index is 11.0. The zero-order valence-electron chi connectivity index (χ0n) is 12.1. The van der Waals surface area contributed by atoms with Crippen molar-refractivity contribution in [2.24, 2.45) is 0 Å². The summed E-state index contributed by atoms with van der Waals surface area (Å²) in [6.45, 7) is 9.57. The van der Waals surface area contributed by atoms with Gasteiger partial charge in [-0.1, -0.05) is 6.08 Å².